The van der Waals surface area contributed by atoms with Gasteiger partial charge in [0.2, 0.25) is 10.0 Å². The molecule has 0 aliphatic heterocycles. The van der Waals surface area contributed by atoms with Crippen LogP contribution in [0.3, 0.4) is 0 Å². The molecule has 3 rings (SSSR count). The second-order valence-corrected chi connectivity index (χ2v) is 7.22. The van der Waals surface area contributed by atoms with E-state index in [1.807, 2.05) is 0 Å². The van der Waals surface area contributed by atoms with Crippen LogP contribution in [0.25, 0.3) is 11.1 Å². The number of nitrogens with two attached hydrogens (primary N) is 1. The second kappa shape index (κ2) is 6.33. The van der Waals surface area contributed by atoms with Crippen LogP contribution in [0.4, 0.5) is 17.6 Å². The van der Waals surface area contributed by atoms with E-state index in [2.05, 4.69) is 4.98 Å². The number of pyridine rings is 1. The third-order valence-electron chi connectivity index (χ3n) is 3.86. The van der Waals surface area contributed by atoms with E-state index in [-0.39, 0.29) is 21.7 Å². The van der Waals surface area contributed by atoms with Gasteiger partial charge in [-0.3, -0.25) is 4.98 Å². The standard InChI is InChI=1S/C17H12F4N2O2S/c18-12-3-1-10(2-4-12)14-7-11(17(19,20)21)8-15(14)16-6-5-13(9-23-16)26(22,24)25/h1-9,11H,(H2,22,24,25). The van der Waals surface area contributed by atoms with Crippen LogP contribution in [0.15, 0.2) is 59.6 Å². The number of nitrogens with zero attached hydrogens (tertiary/aromatic N) is 1. The van der Waals surface area contributed by atoms with Gasteiger partial charge in [-0.2, -0.15) is 13.2 Å². The fraction of sp³-hybridized carbons (Fsp3) is 0.118. The number of alkyl halides is 3. The highest BCUT2D eigenvalue weighted by Crippen LogP contribution is 2.43. The van der Waals surface area contributed by atoms with E-state index in [1.54, 1.807) is 0 Å². The van der Waals surface area contributed by atoms with Crippen molar-refractivity contribution in [3.8, 4) is 0 Å². The molecule has 0 fully saturated rings. The van der Waals surface area contributed by atoms with E-state index in [1.165, 1.54) is 24.3 Å². The molecule has 0 saturated heterocycles. The summed E-state index contributed by atoms with van der Waals surface area (Å²) < 4.78 is 75.2. The van der Waals surface area contributed by atoms with Gasteiger partial charge in [-0.05, 0) is 35.4 Å². The lowest BCUT2D eigenvalue weighted by Gasteiger charge is -2.09. The van der Waals surface area contributed by atoms with Crippen molar-refractivity contribution >= 4 is 21.2 Å². The molecule has 1 atom stereocenters. The van der Waals surface area contributed by atoms with Crippen LogP contribution in [-0.2, 0) is 10.0 Å². The summed E-state index contributed by atoms with van der Waals surface area (Å²) in [7, 11) is -3.97. The van der Waals surface area contributed by atoms with Crippen LogP contribution in [-0.4, -0.2) is 19.6 Å². The molecule has 26 heavy (non-hydrogen) atoms. The third-order valence-corrected chi connectivity index (χ3v) is 4.76. The maximum Gasteiger partial charge on any atom is 0.398 e. The molecule has 0 amide bonds. The summed E-state index contributed by atoms with van der Waals surface area (Å²) in [6.07, 6.45) is -1.49. The number of aromatic nitrogens is 1. The molecule has 0 radical (unpaired) electrons. The Labute approximate surface area is 146 Å². The zero-order chi connectivity index (χ0) is 19.1. The van der Waals surface area contributed by atoms with Crippen molar-refractivity contribution in [1.82, 2.24) is 4.98 Å². The fourth-order valence-corrected chi connectivity index (χ4v) is 3.05. The number of hydrogen-bond donors (Lipinski definition) is 1. The van der Waals surface area contributed by atoms with Crippen LogP contribution in [0, 0.1) is 11.7 Å². The summed E-state index contributed by atoms with van der Waals surface area (Å²) in [6.45, 7) is 0. The van der Waals surface area contributed by atoms with Crippen LogP contribution in [0.2, 0.25) is 0 Å². The molecule has 1 aliphatic carbocycles. The number of benzene rings is 1. The first kappa shape index (κ1) is 18.3. The molecule has 0 spiro atoms. The summed E-state index contributed by atoms with van der Waals surface area (Å²) in [5.41, 5.74) is 0.963. The van der Waals surface area contributed by atoms with Crippen molar-refractivity contribution in [3.63, 3.8) is 0 Å². The lowest BCUT2D eigenvalue weighted by molar-refractivity contribution is -0.148. The maximum absolute atomic E-state index is 13.2. The highest BCUT2D eigenvalue weighted by molar-refractivity contribution is 7.89. The van der Waals surface area contributed by atoms with Gasteiger partial charge in [0.25, 0.3) is 0 Å². The van der Waals surface area contributed by atoms with E-state index in [9.17, 15) is 26.0 Å². The molecule has 0 saturated carbocycles. The van der Waals surface area contributed by atoms with Gasteiger partial charge < -0.3 is 0 Å². The van der Waals surface area contributed by atoms with Gasteiger partial charge in [0, 0.05) is 11.8 Å². The Kier molecular flexibility index (Phi) is 4.45. The summed E-state index contributed by atoms with van der Waals surface area (Å²) >= 11 is 0. The van der Waals surface area contributed by atoms with Crippen molar-refractivity contribution in [2.75, 3.05) is 0 Å². The number of hydrogen-bond acceptors (Lipinski definition) is 3. The molecule has 2 aromatic rings. The monoisotopic (exact) mass is 384 g/mol. The first-order valence-electron chi connectivity index (χ1n) is 7.31. The first-order chi connectivity index (χ1) is 12.1. The van der Waals surface area contributed by atoms with Gasteiger partial charge in [0.15, 0.2) is 0 Å². The fourth-order valence-electron chi connectivity index (χ4n) is 2.59. The molecule has 1 aliphatic rings. The predicted molar refractivity (Wildman–Crippen MR) is 87.5 cm³/mol. The molecule has 1 unspecified atom stereocenters. The molecule has 4 nitrogen and oxygen atoms in total. The Balaban J connectivity index is 2.07. The molecular formula is C17H12F4N2O2S. The van der Waals surface area contributed by atoms with Crippen molar-refractivity contribution in [1.29, 1.82) is 0 Å². The van der Waals surface area contributed by atoms with Crippen molar-refractivity contribution in [2.24, 2.45) is 11.1 Å². The molecule has 9 heteroatoms. The molecule has 136 valence electrons. The molecule has 0 bridgehead atoms. The van der Waals surface area contributed by atoms with Crippen molar-refractivity contribution < 1.29 is 26.0 Å². The van der Waals surface area contributed by atoms with Gasteiger partial charge in [-0.15, -0.1) is 0 Å². The van der Waals surface area contributed by atoms with E-state index in [0.29, 0.717) is 5.56 Å². The Bertz CT molecular complexity index is 993. The van der Waals surface area contributed by atoms with Gasteiger partial charge in [0.1, 0.15) is 10.7 Å². The quantitative estimate of drug-likeness (QED) is 0.823. The van der Waals surface area contributed by atoms with Gasteiger partial charge in [-0.1, -0.05) is 24.3 Å². The molecule has 1 aromatic carbocycles. The summed E-state index contributed by atoms with van der Waals surface area (Å²) in [5, 5.41) is 4.99. The number of primary sulfonamides is 1. The molecular weight excluding hydrogens is 372 g/mol. The largest absolute Gasteiger partial charge is 0.398 e. The van der Waals surface area contributed by atoms with Crippen LogP contribution < -0.4 is 5.14 Å². The van der Waals surface area contributed by atoms with Gasteiger partial charge >= 0.3 is 6.18 Å². The van der Waals surface area contributed by atoms with Gasteiger partial charge in [0.05, 0.1) is 11.6 Å². The number of rotatable bonds is 3. The van der Waals surface area contributed by atoms with Crippen LogP contribution in [0.1, 0.15) is 11.3 Å². The minimum absolute atomic E-state index is 0.153. The predicted octanol–water partition coefficient (Wildman–Crippen LogP) is 3.53. The lowest BCUT2D eigenvalue weighted by Crippen LogP contribution is -2.17. The average Bonchev–Trinajstić information content (AvgIpc) is 3.00. The Morgan fingerprint density at radius 1 is 0.962 bits per heavy atom. The zero-order valence-electron chi connectivity index (χ0n) is 13.0. The Morgan fingerprint density at radius 3 is 2.08 bits per heavy atom. The second-order valence-electron chi connectivity index (χ2n) is 5.66. The van der Waals surface area contributed by atoms with Crippen LogP contribution in [0.5, 0.6) is 0 Å². The topological polar surface area (TPSA) is 73.1 Å². The molecule has 2 N–H and O–H groups in total. The number of allylic oxidation sites excluding steroid dienone is 4. The summed E-state index contributed by atoms with van der Waals surface area (Å²) in [6, 6.07) is 7.47. The number of sulfonamides is 1. The van der Waals surface area contributed by atoms with Gasteiger partial charge in [-0.25, -0.2) is 17.9 Å². The highest BCUT2D eigenvalue weighted by atomic mass is 32.2. The Hall–Kier alpha value is -2.52. The zero-order valence-corrected chi connectivity index (χ0v) is 13.9. The van der Waals surface area contributed by atoms with Crippen molar-refractivity contribution in [3.05, 3.63) is 71.8 Å². The van der Waals surface area contributed by atoms with E-state index >= 15 is 0 Å². The molecule has 1 heterocycles. The van der Waals surface area contributed by atoms with E-state index in [0.717, 1.165) is 30.5 Å². The van der Waals surface area contributed by atoms with E-state index < -0.39 is 27.9 Å². The van der Waals surface area contributed by atoms with Crippen molar-refractivity contribution in [2.45, 2.75) is 11.1 Å². The lowest BCUT2D eigenvalue weighted by atomic mass is 9.98. The first-order valence-corrected chi connectivity index (χ1v) is 8.86. The summed E-state index contributed by atoms with van der Waals surface area (Å²) in [5.74, 6) is -2.34. The van der Waals surface area contributed by atoms with E-state index in [4.69, 9.17) is 5.14 Å². The normalized spacial score (nSPS) is 17.8. The molecule has 1 aromatic heterocycles. The third kappa shape index (κ3) is 3.68. The smallest absolute Gasteiger partial charge is 0.255 e. The minimum atomic E-state index is -4.49. The average molecular weight is 384 g/mol. The minimum Gasteiger partial charge on any atom is -0.255 e. The van der Waals surface area contributed by atoms with Crippen LogP contribution >= 0.6 is 0 Å². The summed E-state index contributed by atoms with van der Waals surface area (Å²) in [4.78, 5) is 3.68. The SMILES string of the molecule is NS(=O)(=O)c1ccc(C2=CC(C(F)(F)F)C=C2c2ccc(F)cc2)nc1. The highest BCUT2D eigenvalue weighted by Gasteiger charge is 2.40. The Morgan fingerprint density at radius 2 is 1.58 bits per heavy atom. The number of halogens is 4. The maximum atomic E-state index is 13.2.